The normalized spacial score (nSPS) is 11.4. The molecule has 3 N–H and O–H groups in total. The topological polar surface area (TPSA) is 115 Å². The standard InChI is InChI=1S/C16H19BrN4O4S/c1-21(26(23,24)14-7-12(17)9-20-16(14)18)10-15(22)19-8-11-3-5-13(25-2)6-4-11/h3-7,9H,8,10H2,1-2H3,(H2,18,20)(H,19,22). The Morgan fingerprint density at radius 1 is 1.35 bits per heavy atom. The largest absolute Gasteiger partial charge is 0.497 e. The van der Waals surface area contributed by atoms with Gasteiger partial charge in [-0.1, -0.05) is 12.1 Å². The number of amides is 1. The number of anilines is 1. The number of hydrogen-bond acceptors (Lipinski definition) is 6. The summed E-state index contributed by atoms with van der Waals surface area (Å²) in [5.41, 5.74) is 6.52. The maximum Gasteiger partial charge on any atom is 0.246 e. The highest BCUT2D eigenvalue weighted by atomic mass is 79.9. The van der Waals surface area contributed by atoms with Crippen molar-refractivity contribution < 1.29 is 17.9 Å². The molecule has 1 aromatic carbocycles. The second kappa shape index (κ2) is 8.47. The molecule has 0 aliphatic carbocycles. The number of methoxy groups -OCH3 is 1. The van der Waals surface area contributed by atoms with Crippen LogP contribution in [0.2, 0.25) is 0 Å². The summed E-state index contributed by atoms with van der Waals surface area (Å²) in [5, 5.41) is 2.67. The van der Waals surface area contributed by atoms with E-state index in [0.29, 0.717) is 10.2 Å². The van der Waals surface area contributed by atoms with Gasteiger partial charge in [-0.2, -0.15) is 4.31 Å². The first-order chi connectivity index (χ1) is 12.2. The molecule has 0 radical (unpaired) electrons. The van der Waals surface area contributed by atoms with Gasteiger partial charge in [-0.05, 0) is 39.7 Å². The van der Waals surface area contributed by atoms with Gasteiger partial charge in [0.1, 0.15) is 16.5 Å². The maximum atomic E-state index is 12.6. The number of nitrogens with zero attached hydrogens (tertiary/aromatic N) is 2. The zero-order valence-electron chi connectivity index (χ0n) is 14.3. The Morgan fingerprint density at radius 2 is 2.00 bits per heavy atom. The average molecular weight is 443 g/mol. The number of pyridine rings is 1. The SMILES string of the molecule is COc1ccc(CNC(=O)CN(C)S(=O)(=O)c2cc(Br)cnc2N)cc1. The van der Waals surface area contributed by atoms with Crippen molar-refractivity contribution >= 4 is 37.7 Å². The third kappa shape index (κ3) is 4.93. The molecular formula is C16H19BrN4O4S. The van der Waals surface area contributed by atoms with Crippen molar-refractivity contribution in [3.05, 3.63) is 46.6 Å². The molecule has 0 atom stereocenters. The molecule has 1 amide bonds. The van der Waals surface area contributed by atoms with E-state index in [1.165, 1.54) is 19.3 Å². The number of nitrogen functional groups attached to an aromatic ring is 1. The summed E-state index contributed by atoms with van der Waals surface area (Å²) in [6, 6.07) is 8.53. The van der Waals surface area contributed by atoms with E-state index in [2.05, 4.69) is 26.2 Å². The van der Waals surface area contributed by atoms with Gasteiger partial charge in [0.2, 0.25) is 15.9 Å². The molecule has 0 aliphatic heterocycles. The van der Waals surface area contributed by atoms with E-state index in [0.717, 1.165) is 9.87 Å². The highest BCUT2D eigenvalue weighted by Gasteiger charge is 2.26. The van der Waals surface area contributed by atoms with Gasteiger partial charge in [0.05, 0.1) is 13.7 Å². The van der Waals surface area contributed by atoms with Crippen molar-refractivity contribution in [2.45, 2.75) is 11.4 Å². The summed E-state index contributed by atoms with van der Waals surface area (Å²) in [5.74, 6) is 0.151. The van der Waals surface area contributed by atoms with Crippen LogP contribution < -0.4 is 15.8 Å². The Morgan fingerprint density at radius 3 is 2.62 bits per heavy atom. The summed E-state index contributed by atoms with van der Waals surface area (Å²) in [7, 11) is -1.06. The summed E-state index contributed by atoms with van der Waals surface area (Å²) in [6.07, 6.45) is 1.40. The predicted molar refractivity (Wildman–Crippen MR) is 101 cm³/mol. The Balaban J connectivity index is 2.00. The number of ether oxygens (including phenoxy) is 1. The molecule has 0 unspecified atom stereocenters. The first kappa shape index (κ1) is 20.1. The molecule has 0 fully saturated rings. The van der Waals surface area contributed by atoms with E-state index in [-0.39, 0.29) is 23.8 Å². The Bertz CT molecular complexity index is 888. The van der Waals surface area contributed by atoms with E-state index >= 15 is 0 Å². The van der Waals surface area contributed by atoms with E-state index in [1.54, 1.807) is 19.2 Å². The van der Waals surface area contributed by atoms with Crippen LogP contribution in [0.15, 0.2) is 45.9 Å². The molecule has 0 bridgehead atoms. The van der Waals surface area contributed by atoms with Gasteiger partial charge in [-0.15, -0.1) is 0 Å². The Labute approximate surface area is 160 Å². The molecule has 26 heavy (non-hydrogen) atoms. The fraction of sp³-hybridized carbons (Fsp3) is 0.250. The van der Waals surface area contributed by atoms with Gasteiger partial charge in [0.25, 0.3) is 0 Å². The third-order valence-corrected chi connectivity index (χ3v) is 5.82. The minimum absolute atomic E-state index is 0.126. The molecule has 8 nitrogen and oxygen atoms in total. The zero-order chi connectivity index (χ0) is 19.3. The lowest BCUT2D eigenvalue weighted by Gasteiger charge is -2.18. The Hall–Kier alpha value is -2.17. The molecule has 140 valence electrons. The van der Waals surface area contributed by atoms with Gasteiger partial charge in [0, 0.05) is 24.3 Å². The Kier molecular flexibility index (Phi) is 6.57. The quantitative estimate of drug-likeness (QED) is 0.668. The molecule has 0 saturated heterocycles. The van der Waals surface area contributed by atoms with Crippen molar-refractivity contribution in [3.8, 4) is 5.75 Å². The number of benzene rings is 1. The zero-order valence-corrected chi connectivity index (χ0v) is 16.7. The number of hydrogen-bond donors (Lipinski definition) is 2. The van der Waals surface area contributed by atoms with Crippen LogP contribution in [0.25, 0.3) is 0 Å². The van der Waals surface area contributed by atoms with Gasteiger partial charge >= 0.3 is 0 Å². The molecule has 0 aliphatic rings. The number of aromatic nitrogens is 1. The van der Waals surface area contributed by atoms with E-state index in [1.807, 2.05) is 12.1 Å². The molecular weight excluding hydrogens is 424 g/mol. The molecule has 0 saturated carbocycles. The highest BCUT2D eigenvalue weighted by Crippen LogP contribution is 2.23. The van der Waals surface area contributed by atoms with Crippen molar-refractivity contribution in [1.82, 2.24) is 14.6 Å². The lowest BCUT2D eigenvalue weighted by atomic mass is 10.2. The summed E-state index contributed by atoms with van der Waals surface area (Å²) in [4.78, 5) is 15.7. The molecule has 2 aromatic rings. The number of likely N-dealkylation sites (N-methyl/N-ethyl adjacent to an activating group) is 1. The minimum atomic E-state index is -3.94. The van der Waals surface area contributed by atoms with Crippen LogP contribution in [0.1, 0.15) is 5.56 Å². The lowest BCUT2D eigenvalue weighted by Crippen LogP contribution is -2.38. The van der Waals surface area contributed by atoms with Crippen molar-refractivity contribution in [2.75, 3.05) is 26.4 Å². The maximum absolute atomic E-state index is 12.6. The van der Waals surface area contributed by atoms with Crippen LogP contribution in [-0.4, -0.2) is 44.3 Å². The second-order valence-electron chi connectivity index (χ2n) is 5.42. The smallest absolute Gasteiger partial charge is 0.246 e. The number of carbonyl (C=O) groups excluding carboxylic acids is 1. The van der Waals surface area contributed by atoms with Crippen LogP contribution in [0.3, 0.4) is 0 Å². The number of rotatable bonds is 7. The number of nitrogens with two attached hydrogens (primary N) is 1. The van der Waals surface area contributed by atoms with Crippen LogP contribution >= 0.6 is 15.9 Å². The summed E-state index contributed by atoms with van der Waals surface area (Å²) < 4.78 is 31.6. The fourth-order valence-corrected chi connectivity index (χ4v) is 3.79. The molecule has 1 heterocycles. The molecule has 1 aromatic heterocycles. The molecule has 10 heteroatoms. The van der Waals surface area contributed by atoms with Gasteiger partial charge in [-0.25, -0.2) is 13.4 Å². The van der Waals surface area contributed by atoms with Crippen LogP contribution in [0.4, 0.5) is 5.82 Å². The third-order valence-electron chi connectivity index (χ3n) is 3.55. The highest BCUT2D eigenvalue weighted by molar-refractivity contribution is 9.10. The number of halogens is 1. The summed E-state index contributed by atoms with van der Waals surface area (Å²) >= 11 is 3.16. The first-order valence-electron chi connectivity index (χ1n) is 7.51. The lowest BCUT2D eigenvalue weighted by molar-refractivity contribution is -0.121. The van der Waals surface area contributed by atoms with Gasteiger partial charge < -0.3 is 15.8 Å². The molecule has 2 rings (SSSR count). The summed E-state index contributed by atoms with van der Waals surface area (Å²) in [6.45, 7) is -0.0677. The number of sulfonamides is 1. The van der Waals surface area contributed by atoms with Gasteiger partial charge in [-0.3, -0.25) is 4.79 Å². The molecule has 0 spiro atoms. The van der Waals surface area contributed by atoms with Crippen molar-refractivity contribution in [1.29, 1.82) is 0 Å². The van der Waals surface area contributed by atoms with Crippen LogP contribution in [0, 0.1) is 0 Å². The van der Waals surface area contributed by atoms with Gasteiger partial charge in [0.15, 0.2) is 0 Å². The van der Waals surface area contributed by atoms with Crippen molar-refractivity contribution in [2.24, 2.45) is 0 Å². The monoisotopic (exact) mass is 442 g/mol. The van der Waals surface area contributed by atoms with E-state index in [4.69, 9.17) is 10.5 Å². The second-order valence-corrected chi connectivity index (χ2v) is 8.35. The number of nitrogens with one attached hydrogen (secondary N) is 1. The van der Waals surface area contributed by atoms with E-state index in [9.17, 15) is 13.2 Å². The fourth-order valence-electron chi connectivity index (χ4n) is 2.09. The van der Waals surface area contributed by atoms with Crippen LogP contribution in [0.5, 0.6) is 5.75 Å². The number of carbonyl (C=O) groups is 1. The van der Waals surface area contributed by atoms with Crippen LogP contribution in [-0.2, 0) is 21.4 Å². The van der Waals surface area contributed by atoms with Crippen molar-refractivity contribution in [3.63, 3.8) is 0 Å². The minimum Gasteiger partial charge on any atom is -0.497 e. The average Bonchev–Trinajstić information content (AvgIpc) is 2.62. The van der Waals surface area contributed by atoms with E-state index < -0.39 is 15.9 Å². The predicted octanol–water partition coefficient (Wildman–Crippen LogP) is 1.37. The first-order valence-corrected chi connectivity index (χ1v) is 9.74.